The molecule has 1 rings (SSSR count). The van der Waals surface area contributed by atoms with Crippen LogP contribution >= 0.6 is 12.2 Å². The highest BCUT2D eigenvalue weighted by Crippen LogP contribution is 2.05. The topological polar surface area (TPSA) is 85.5 Å². The largest absolute Gasteiger partial charge is 0.469 e. The highest BCUT2D eigenvalue weighted by atomic mass is 32.1. The van der Waals surface area contributed by atoms with Gasteiger partial charge in [0, 0.05) is 31.8 Å². The fourth-order valence-electron chi connectivity index (χ4n) is 1.53. The van der Waals surface area contributed by atoms with Crippen molar-refractivity contribution in [1.82, 2.24) is 9.88 Å². The van der Waals surface area contributed by atoms with E-state index in [1.807, 2.05) is 0 Å². The molecule has 0 radical (unpaired) electrons. The maximum absolute atomic E-state index is 12.1. The van der Waals surface area contributed by atoms with Gasteiger partial charge in [0.1, 0.15) is 10.7 Å². The summed E-state index contributed by atoms with van der Waals surface area (Å²) in [6.07, 6.45) is 2.29. The summed E-state index contributed by atoms with van der Waals surface area (Å²) in [5.41, 5.74) is 6.39. The predicted octanol–water partition coefficient (Wildman–Crippen LogP) is 0.741. The van der Waals surface area contributed by atoms with Crippen LogP contribution in [0, 0.1) is 0 Å². The molecular weight excluding hydrogens is 278 g/mol. The van der Waals surface area contributed by atoms with Gasteiger partial charge in [0.05, 0.1) is 7.11 Å². The van der Waals surface area contributed by atoms with Crippen LogP contribution in [0.3, 0.4) is 0 Å². The molecule has 0 unspecified atom stereocenters. The van der Waals surface area contributed by atoms with Gasteiger partial charge in [0.2, 0.25) is 0 Å². The Hall–Kier alpha value is -2.02. The van der Waals surface area contributed by atoms with Crippen molar-refractivity contribution in [2.24, 2.45) is 5.73 Å². The van der Waals surface area contributed by atoms with E-state index in [4.69, 9.17) is 18.0 Å². The maximum Gasteiger partial charge on any atom is 0.305 e. The van der Waals surface area contributed by atoms with Crippen molar-refractivity contribution in [3.63, 3.8) is 0 Å². The Kier molecular flexibility index (Phi) is 6.05. The number of thiocarbonyl (C=S) groups is 1. The standard InChI is InChI=1S/C13H17N3O3S/c1-16(7-3-4-11(17)19-2)13(18)10-6-5-9(8-15-10)12(14)20/h5-6,8H,3-4,7H2,1-2H3,(H2,14,20). The number of carbonyl (C=O) groups is 2. The molecule has 0 bridgehead atoms. The Labute approximate surface area is 122 Å². The molecule has 0 saturated heterocycles. The average molecular weight is 295 g/mol. The first-order chi connectivity index (χ1) is 9.45. The molecule has 1 aromatic heterocycles. The van der Waals surface area contributed by atoms with Gasteiger partial charge >= 0.3 is 5.97 Å². The van der Waals surface area contributed by atoms with Gasteiger partial charge in [-0.2, -0.15) is 0 Å². The van der Waals surface area contributed by atoms with Gasteiger partial charge in [-0.25, -0.2) is 0 Å². The van der Waals surface area contributed by atoms with E-state index < -0.39 is 0 Å². The van der Waals surface area contributed by atoms with Crippen LogP contribution in [0.1, 0.15) is 28.9 Å². The number of hydrogen-bond acceptors (Lipinski definition) is 5. The zero-order chi connectivity index (χ0) is 15.1. The molecule has 1 heterocycles. The van der Waals surface area contributed by atoms with E-state index in [-0.39, 0.29) is 23.3 Å². The van der Waals surface area contributed by atoms with Crippen molar-refractivity contribution in [1.29, 1.82) is 0 Å². The van der Waals surface area contributed by atoms with Crippen molar-refractivity contribution in [3.05, 3.63) is 29.6 Å². The average Bonchev–Trinajstić information content (AvgIpc) is 2.46. The van der Waals surface area contributed by atoms with Crippen LogP contribution in [-0.2, 0) is 9.53 Å². The Morgan fingerprint density at radius 1 is 1.45 bits per heavy atom. The van der Waals surface area contributed by atoms with Crippen LogP contribution in [-0.4, -0.2) is 47.5 Å². The van der Waals surface area contributed by atoms with E-state index in [0.717, 1.165) is 0 Å². The summed E-state index contributed by atoms with van der Waals surface area (Å²) in [5.74, 6) is -0.505. The SMILES string of the molecule is COC(=O)CCCN(C)C(=O)c1ccc(C(N)=S)cn1. The number of nitrogens with zero attached hydrogens (tertiary/aromatic N) is 2. The van der Waals surface area contributed by atoms with E-state index in [1.165, 1.54) is 18.2 Å². The van der Waals surface area contributed by atoms with Crippen LogP contribution in [0.15, 0.2) is 18.3 Å². The normalized spacial score (nSPS) is 9.90. The van der Waals surface area contributed by atoms with Gasteiger partial charge in [0.15, 0.2) is 0 Å². The summed E-state index contributed by atoms with van der Waals surface area (Å²) < 4.78 is 4.53. The Morgan fingerprint density at radius 2 is 2.15 bits per heavy atom. The first-order valence-electron chi connectivity index (χ1n) is 6.04. The second-order valence-electron chi connectivity index (χ2n) is 4.20. The minimum absolute atomic E-state index is 0.218. The van der Waals surface area contributed by atoms with Gasteiger partial charge in [-0.05, 0) is 18.6 Å². The molecule has 0 aliphatic carbocycles. The van der Waals surface area contributed by atoms with Crippen molar-refractivity contribution in [2.75, 3.05) is 20.7 Å². The third-order valence-corrected chi connectivity index (χ3v) is 2.95. The lowest BCUT2D eigenvalue weighted by molar-refractivity contribution is -0.140. The summed E-state index contributed by atoms with van der Waals surface area (Å²) in [6.45, 7) is 0.451. The summed E-state index contributed by atoms with van der Waals surface area (Å²) in [6, 6.07) is 3.23. The quantitative estimate of drug-likeness (QED) is 0.615. The monoisotopic (exact) mass is 295 g/mol. The number of methoxy groups -OCH3 is 1. The molecule has 7 heteroatoms. The molecule has 0 atom stereocenters. The number of rotatable bonds is 6. The molecule has 0 spiro atoms. The number of pyridine rings is 1. The molecule has 0 saturated carbocycles. The van der Waals surface area contributed by atoms with E-state index in [9.17, 15) is 9.59 Å². The fraction of sp³-hybridized carbons (Fsp3) is 0.385. The van der Waals surface area contributed by atoms with Crippen molar-refractivity contribution in [2.45, 2.75) is 12.8 Å². The molecule has 0 fully saturated rings. The lowest BCUT2D eigenvalue weighted by Gasteiger charge is -2.16. The van der Waals surface area contributed by atoms with Gasteiger partial charge < -0.3 is 15.4 Å². The number of aromatic nitrogens is 1. The lowest BCUT2D eigenvalue weighted by Crippen LogP contribution is -2.29. The summed E-state index contributed by atoms with van der Waals surface area (Å²) >= 11 is 4.81. The fourth-order valence-corrected chi connectivity index (χ4v) is 1.65. The zero-order valence-corrected chi connectivity index (χ0v) is 12.3. The number of nitrogens with two attached hydrogens (primary N) is 1. The second-order valence-corrected chi connectivity index (χ2v) is 4.64. The first-order valence-corrected chi connectivity index (χ1v) is 6.44. The van der Waals surface area contributed by atoms with E-state index in [1.54, 1.807) is 19.2 Å². The van der Waals surface area contributed by atoms with Crippen LogP contribution in [0.5, 0.6) is 0 Å². The summed E-state index contributed by atoms with van der Waals surface area (Å²) in [5, 5.41) is 0. The molecule has 20 heavy (non-hydrogen) atoms. The van der Waals surface area contributed by atoms with Crippen molar-refractivity contribution >= 4 is 29.1 Å². The number of carbonyl (C=O) groups excluding carboxylic acids is 2. The molecule has 6 nitrogen and oxygen atoms in total. The van der Waals surface area contributed by atoms with Crippen LogP contribution in [0.4, 0.5) is 0 Å². The molecule has 1 aromatic rings. The smallest absolute Gasteiger partial charge is 0.305 e. The maximum atomic E-state index is 12.1. The minimum atomic E-state index is -0.287. The van der Waals surface area contributed by atoms with Gasteiger partial charge in [0.25, 0.3) is 5.91 Å². The van der Waals surface area contributed by atoms with E-state index in [2.05, 4.69) is 9.72 Å². The molecule has 0 aliphatic heterocycles. The number of amides is 1. The highest BCUT2D eigenvalue weighted by molar-refractivity contribution is 7.80. The molecule has 1 amide bonds. The predicted molar refractivity (Wildman–Crippen MR) is 78.3 cm³/mol. The highest BCUT2D eigenvalue weighted by Gasteiger charge is 2.13. The van der Waals surface area contributed by atoms with E-state index >= 15 is 0 Å². The van der Waals surface area contributed by atoms with Crippen molar-refractivity contribution in [3.8, 4) is 0 Å². The molecular formula is C13H17N3O3S. The van der Waals surface area contributed by atoms with Crippen LogP contribution < -0.4 is 5.73 Å². The Balaban J connectivity index is 2.56. The second kappa shape index (κ2) is 7.54. The summed E-state index contributed by atoms with van der Waals surface area (Å²) in [4.78, 5) is 28.8. The number of ether oxygens (including phenoxy) is 1. The lowest BCUT2D eigenvalue weighted by atomic mass is 10.2. The Morgan fingerprint density at radius 3 is 2.65 bits per heavy atom. The third-order valence-electron chi connectivity index (χ3n) is 2.72. The van der Waals surface area contributed by atoms with Gasteiger partial charge in [-0.1, -0.05) is 12.2 Å². The number of hydrogen-bond donors (Lipinski definition) is 1. The summed E-state index contributed by atoms with van der Waals surface area (Å²) in [7, 11) is 2.99. The molecule has 0 aliphatic rings. The zero-order valence-electron chi connectivity index (χ0n) is 11.5. The third kappa shape index (κ3) is 4.58. The first kappa shape index (κ1) is 16.0. The molecule has 0 aromatic carbocycles. The van der Waals surface area contributed by atoms with Gasteiger partial charge in [-0.3, -0.25) is 14.6 Å². The minimum Gasteiger partial charge on any atom is -0.469 e. The van der Waals surface area contributed by atoms with Crippen LogP contribution in [0.25, 0.3) is 0 Å². The number of esters is 1. The van der Waals surface area contributed by atoms with Crippen molar-refractivity contribution < 1.29 is 14.3 Å². The molecule has 108 valence electrons. The van der Waals surface area contributed by atoms with E-state index in [0.29, 0.717) is 24.2 Å². The van der Waals surface area contributed by atoms with Gasteiger partial charge in [-0.15, -0.1) is 0 Å². The molecule has 2 N–H and O–H groups in total. The Bertz CT molecular complexity index is 502. The van der Waals surface area contributed by atoms with Crippen LogP contribution in [0.2, 0.25) is 0 Å².